The molecule has 3 aromatic carbocycles. The lowest BCUT2D eigenvalue weighted by atomic mass is 9.51. The first-order chi connectivity index (χ1) is 28.9. The quantitative estimate of drug-likeness (QED) is 0.130. The lowest BCUT2D eigenvalue weighted by Gasteiger charge is -2.49. The van der Waals surface area contributed by atoms with Crippen molar-refractivity contribution in [2.75, 3.05) is 47.6 Å². The van der Waals surface area contributed by atoms with Crippen molar-refractivity contribution in [3.8, 4) is 22.1 Å². The zero-order valence-corrected chi connectivity index (χ0v) is 35.3. The van der Waals surface area contributed by atoms with Crippen LogP contribution in [-0.4, -0.2) is 71.4 Å². The Labute approximate surface area is 355 Å². The van der Waals surface area contributed by atoms with E-state index in [9.17, 15) is 14.7 Å². The molecule has 14 heteroatoms. The monoisotopic (exact) mass is 845 g/mol. The van der Waals surface area contributed by atoms with Crippen molar-refractivity contribution in [2.24, 2.45) is 36.1 Å². The van der Waals surface area contributed by atoms with Gasteiger partial charge in [-0.3, -0.25) is 28.8 Å². The van der Waals surface area contributed by atoms with Crippen molar-refractivity contribution in [3.05, 3.63) is 94.5 Å². The topological polar surface area (TPSA) is 135 Å². The number of aromatic nitrogens is 2. The molecule has 60 heavy (non-hydrogen) atoms. The van der Waals surface area contributed by atoms with Gasteiger partial charge in [-0.1, -0.05) is 35.4 Å². The van der Waals surface area contributed by atoms with Crippen LogP contribution in [0.5, 0.6) is 11.5 Å². The number of phenolic OH excluding ortho intramolecular Hbond substituents is 1. The summed E-state index contributed by atoms with van der Waals surface area (Å²) in [5, 5.41) is 18.3. The maximum atomic E-state index is 15.3. The van der Waals surface area contributed by atoms with Crippen LogP contribution < -0.4 is 19.4 Å². The van der Waals surface area contributed by atoms with Crippen LogP contribution in [0.2, 0.25) is 5.02 Å². The van der Waals surface area contributed by atoms with Gasteiger partial charge in [0.1, 0.15) is 11.5 Å². The summed E-state index contributed by atoms with van der Waals surface area (Å²) in [5.41, 5.74) is 2.94. The summed E-state index contributed by atoms with van der Waals surface area (Å²) in [6, 6.07) is 20.2. The average molecular weight is 846 g/mol. The molecule has 0 spiro atoms. The zero-order chi connectivity index (χ0) is 41.8. The van der Waals surface area contributed by atoms with Crippen molar-refractivity contribution in [1.82, 2.24) is 9.78 Å². The Kier molecular flexibility index (Phi) is 9.23. The van der Waals surface area contributed by atoms with E-state index in [1.165, 1.54) is 9.80 Å². The molecule has 10 rings (SSSR count). The second-order valence-electron chi connectivity index (χ2n) is 16.6. The Hall–Kier alpha value is -5.50. The number of morpholine rings is 1. The van der Waals surface area contributed by atoms with Gasteiger partial charge in [-0.25, -0.2) is 4.90 Å². The van der Waals surface area contributed by atoms with Crippen LogP contribution in [0, 0.1) is 36.0 Å². The van der Waals surface area contributed by atoms with E-state index in [1.807, 2.05) is 62.4 Å². The number of hydrogen-bond donors (Lipinski definition) is 1. The van der Waals surface area contributed by atoms with Crippen LogP contribution in [0.4, 0.5) is 17.2 Å². The van der Waals surface area contributed by atoms with Crippen LogP contribution in [0.15, 0.2) is 78.4 Å². The maximum Gasteiger partial charge on any atom is 0.242 e. The van der Waals surface area contributed by atoms with Gasteiger partial charge in [-0.15, -0.1) is 11.3 Å². The second kappa shape index (κ2) is 14.3. The summed E-state index contributed by atoms with van der Waals surface area (Å²) in [5.74, 6) is -4.61. The van der Waals surface area contributed by atoms with Crippen molar-refractivity contribution in [1.29, 1.82) is 0 Å². The summed E-state index contributed by atoms with van der Waals surface area (Å²) in [6.07, 6.45) is 2.44. The minimum atomic E-state index is -1.37. The summed E-state index contributed by atoms with van der Waals surface area (Å²) in [6.45, 7) is 8.72. The highest BCUT2D eigenvalue weighted by Gasteiger charge is 2.68. The Bertz CT molecular complexity index is 2670. The fourth-order valence-electron chi connectivity index (χ4n) is 10.7. The number of phenols is 1. The summed E-state index contributed by atoms with van der Waals surface area (Å²) < 4.78 is 13.9. The minimum Gasteiger partial charge on any atom is -0.504 e. The predicted molar refractivity (Wildman–Crippen MR) is 230 cm³/mol. The number of fused-ring (bicyclic) bond motifs is 5. The largest absolute Gasteiger partial charge is 0.504 e. The van der Waals surface area contributed by atoms with E-state index < -0.39 is 46.8 Å². The number of allylic oxidation sites excluding steroid dienone is 2. The van der Waals surface area contributed by atoms with E-state index in [1.54, 1.807) is 54.3 Å². The van der Waals surface area contributed by atoms with E-state index in [4.69, 9.17) is 26.2 Å². The molecule has 4 amide bonds. The lowest BCUT2D eigenvalue weighted by molar-refractivity contribution is -0.131. The maximum absolute atomic E-state index is 15.3. The molecule has 4 fully saturated rings. The van der Waals surface area contributed by atoms with Crippen molar-refractivity contribution >= 4 is 73.8 Å². The Balaban J connectivity index is 1.05. The Morgan fingerprint density at radius 2 is 1.70 bits per heavy atom. The molecule has 6 atom stereocenters. The average Bonchev–Trinajstić information content (AvgIpc) is 3.92. The number of imide groups is 2. The molecule has 0 radical (unpaired) electrons. The SMILES string of the molecule is CCOc1cccc(C2C3=CCC4C(=O)N(c5ccc(N6CCOCC6)cc5)C(=O)C4C3CC3C(=O)N(c4cc(-c5sc6ccc(Cl)cc6c5C)nn4C)C(=O)C32C)c1O. The van der Waals surface area contributed by atoms with E-state index in [-0.39, 0.29) is 36.2 Å². The molecule has 0 bridgehead atoms. The molecule has 12 nitrogen and oxygen atoms in total. The van der Waals surface area contributed by atoms with E-state index in [0.29, 0.717) is 47.6 Å². The standard InChI is InChI=1S/C46H44ClN5O7S/c1-5-59-35-8-6-7-30(40(35)53)39-28-14-15-29-38(44(56)51(42(29)54)27-12-10-26(11-13-27)50-17-19-58-20-18-50)32(28)22-33-43(55)52(45(57)46(33,39)3)37-23-34(48-49(37)4)41-24(2)31-21-25(47)9-16-36(31)60-41/h6-14,16,21,23,29,32-33,38-39,53H,5,15,17-20,22H2,1-4H3. The number of carbonyl (C=O) groups is 4. The molecule has 2 aromatic heterocycles. The van der Waals surface area contributed by atoms with Gasteiger partial charge >= 0.3 is 0 Å². The number of halogens is 1. The highest BCUT2D eigenvalue weighted by atomic mass is 35.5. The number of amides is 4. The number of thiophene rings is 1. The number of para-hydroxylation sites is 1. The van der Waals surface area contributed by atoms with Crippen LogP contribution in [0.3, 0.4) is 0 Å². The third-order valence-electron chi connectivity index (χ3n) is 13.6. The number of carbonyl (C=O) groups excluding carboxylic acids is 4. The summed E-state index contributed by atoms with van der Waals surface area (Å²) in [4.78, 5) is 65.0. The van der Waals surface area contributed by atoms with Crippen molar-refractivity contribution < 1.29 is 33.8 Å². The first kappa shape index (κ1) is 38.7. The fourth-order valence-corrected chi connectivity index (χ4v) is 12.0. The molecule has 5 aromatic rings. The van der Waals surface area contributed by atoms with E-state index in [0.717, 1.165) is 44.9 Å². The van der Waals surface area contributed by atoms with Crippen molar-refractivity contribution in [3.63, 3.8) is 0 Å². The molecule has 5 heterocycles. The highest BCUT2D eigenvalue weighted by molar-refractivity contribution is 7.22. The predicted octanol–water partition coefficient (Wildman–Crippen LogP) is 7.64. The number of anilines is 3. The minimum absolute atomic E-state index is 0.120. The van der Waals surface area contributed by atoms with Gasteiger partial charge in [0.05, 0.1) is 53.6 Å². The Morgan fingerprint density at radius 3 is 2.45 bits per heavy atom. The highest BCUT2D eigenvalue weighted by Crippen LogP contribution is 2.65. The summed E-state index contributed by atoms with van der Waals surface area (Å²) in [7, 11) is 1.72. The van der Waals surface area contributed by atoms with Gasteiger partial charge in [-0.2, -0.15) is 5.10 Å². The molecule has 6 unspecified atom stereocenters. The van der Waals surface area contributed by atoms with Crippen molar-refractivity contribution in [2.45, 2.75) is 39.5 Å². The molecule has 1 saturated carbocycles. The Morgan fingerprint density at radius 1 is 0.950 bits per heavy atom. The van der Waals surface area contributed by atoms with Gasteiger partial charge in [0.2, 0.25) is 23.6 Å². The van der Waals surface area contributed by atoms with Crippen LogP contribution in [0.25, 0.3) is 20.7 Å². The molecule has 5 aliphatic rings. The number of ether oxygens (including phenoxy) is 2. The number of nitrogens with zero attached hydrogens (tertiary/aromatic N) is 5. The number of benzene rings is 3. The number of hydrogen-bond acceptors (Lipinski definition) is 10. The first-order valence-corrected chi connectivity index (χ1v) is 21.7. The van der Waals surface area contributed by atoms with Gasteiger partial charge in [0.15, 0.2) is 11.5 Å². The van der Waals surface area contributed by atoms with E-state index in [2.05, 4.69) is 4.90 Å². The normalized spacial score (nSPS) is 26.4. The molecular formula is C46H44ClN5O7S. The zero-order valence-electron chi connectivity index (χ0n) is 33.7. The third kappa shape index (κ3) is 5.61. The van der Waals surface area contributed by atoms with Gasteiger partial charge in [-0.05, 0) is 99.0 Å². The molecule has 3 aliphatic heterocycles. The van der Waals surface area contributed by atoms with Gasteiger partial charge in [0.25, 0.3) is 0 Å². The van der Waals surface area contributed by atoms with Gasteiger partial charge < -0.3 is 19.5 Å². The molecule has 3 saturated heterocycles. The second-order valence-corrected chi connectivity index (χ2v) is 18.1. The smallest absolute Gasteiger partial charge is 0.242 e. The summed E-state index contributed by atoms with van der Waals surface area (Å²) >= 11 is 7.91. The van der Waals surface area contributed by atoms with Crippen LogP contribution in [-0.2, 0) is 31.0 Å². The third-order valence-corrected chi connectivity index (χ3v) is 15.1. The first-order valence-electron chi connectivity index (χ1n) is 20.5. The van der Waals surface area contributed by atoms with Gasteiger partial charge in [0, 0.05) is 53.1 Å². The number of aromatic hydroxyl groups is 1. The molecule has 2 aliphatic carbocycles. The molecular weight excluding hydrogens is 802 g/mol. The molecule has 1 N–H and O–H groups in total. The van der Waals surface area contributed by atoms with Crippen LogP contribution in [0.1, 0.15) is 43.7 Å². The lowest BCUT2D eigenvalue weighted by Crippen LogP contribution is -2.49. The number of aryl methyl sites for hydroxylation is 2. The van der Waals surface area contributed by atoms with Crippen LogP contribution >= 0.6 is 22.9 Å². The number of rotatable bonds is 7. The van der Waals surface area contributed by atoms with E-state index >= 15 is 9.59 Å². The molecule has 308 valence electrons. The fraction of sp³-hybridized carbons (Fsp3) is 0.370.